The predicted octanol–water partition coefficient (Wildman–Crippen LogP) is 4.36. The summed E-state index contributed by atoms with van der Waals surface area (Å²) in [6.07, 6.45) is 6.13. The van der Waals surface area contributed by atoms with E-state index in [4.69, 9.17) is 14.9 Å². The van der Waals surface area contributed by atoms with Gasteiger partial charge in [0.05, 0.1) is 11.0 Å². The summed E-state index contributed by atoms with van der Waals surface area (Å²) in [6, 6.07) is 5.98. The van der Waals surface area contributed by atoms with Gasteiger partial charge in [-0.2, -0.15) is 0 Å². The molecule has 1 aromatic carbocycles. The van der Waals surface area contributed by atoms with Crippen LogP contribution in [0.1, 0.15) is 88.3 Å². The predicted molar refractivity (Wildman–Crippen MR) is 154 cm³/mol. The van der Waals surface area contributed by atoms with Crippen molar-refractivity contribution in [3.8, 4) is 0 Å². The molecule has 216 valence electrons. The Balaban J connectivity index is 0.00000134. The molecule has 2 aliphatic rings. The van der Waals surface area contributed by atoms with Gasteiger partial charge in [0.25, 0.3) is 12.4 Å². The lowest BCUT2D eigenvalue weighted by molar-refractivity contribution is -0.123. The minimum Gasteiger partial charge on any atom is -0.483 e. The molecule has 2 fully saturated rings. The topological polar surface area (TPSA) is 108 Å². The molecule has 0 bridgehead atoms. The second kappa shape index (κ2) is 15.0. The van der Waals surface area contributed by atoms with E-state index in [0.717, 1.165) is 67.9 Å². The molecule has 2 N–H and O–H groups in total. The smallest absolute Gasteiger partial charge is 0.290 e. The number of carbonyl (C=O) groups excluding carboxylic acids is 2. The fourth-order valence-electron chi connectivity index (χ4n) is 5.39. The van der Waals surface area contributed by atoms with E-state index in [1.54, 1.807) is 0 Å². The van der Waals surface area contributed by atoms with Crippen molar-refractivity contribution in [1.82, 2.24) is 24.7 Å². The zero-order valence-electron chi connectivity index (χ0n) is 24.2. The van der Waals surface area contributed by atoms with Crippen LogP contribution in [0.4, 0.5) is 0 Å². The molecule has 1 atom stereocenters. The van der Waals surface area contributed by atoms with Crippen molar-refractivity contribution >= 4 is 29.3 Å². The monoisotopic (exact) mass is 541 g/mol. The second-order valence-electron chi connectivity index (χ2n) is 11.7. The van der Waals surface area contributed by atoms with E-state index in [1.165, 1.54) is 25.9 Å². The Labute approximate surface area is 232 Å². The molecule has 0 aliphatic carbocycles. The fraction of sp³-hybridized carbons (Fsp3) is 0.667. The summed E-state index contributed by atoms with van der Waals surface area (Å²) >= 11 is 0. The number of rotatable bonds is 12. The van der Waals surface area contributed by atoms with Gasteiger partial charge in [0.15, 0.2) is 0 Å². The maximum atomic E-state index is 13.7. The number of likely N-dealkylation sites (tertiary alicyclic amines) is 1. The van der Waals surface area contributed by atoms with Crippen LogP contribution in [0, 0.1) is 11.8 Å². The average Bonchev–Trinajstić information content (AvgIpc) is 3.64. The standard InChI is InChI=1S/C29H45N5O2.CH2O2/c1-21(2)10-16-33(17-11-22(3)4)29(36)23-8-9-25-26(18-23)34(15-7-14-32-12-5-6-13-32)28(31-25)24-19-27(35)30-20-24;2-1-3/h8-9,18,21-22,24H,5-7,10-17,19-20H2,1-4H3,(H,30,35);1H,(H,2,3). The quantitative estimate of drug-likeness (QED) is 0.387. The third-order valence-corrected chi connectivity index (χ3v) is 7.66. The molecular weight excluding hydrogens is 494 g/mol. The van der Waals surface area contributed by atoms with Crippen LogP contribution in [-0.2, 0) is 16.1 Å². The molecule has 0 spiro atoms. The minimum atomic E-state index is -0.250. The summed E-state index contributed by atoms with van der Waals surface area (Å²) in [5.74, 6) is 2.39. The SMILES string of the molecule is CC(C)CCN(CCC(C)C)C(=O)c1ccc2nc(C3CNC(=O)C3)n(CCCN3CCCC3)c2c1.O=CO. The zero-order chi connectivity index (χ0) is 28.4. The van der Waals surface area contributed by atoms with Gasteiger partial charge in [-0.05, 0) is 81.8 Å². The van der Waals surface area contributed by atoms with Gasteiger partial charge in [0.1, 0.15) is 5.82 Å². The highest BCUT2D eigenvalue weighted by molar-refractivity contribution is 5.97. The molecule has 2 aromatic rings. The Morgan fingerprint density at radius 2 is 1.77 bits per heavy atom. The zero-order valence-corrected chi connectivity index (χ0v) is 24.2. The van der Waals surface area contributed by atoms with Crippen molar-refractivity contribution in [3.63, 3.8) is 0 Å². The van der Waals surface area contributed by atoms with Crippen LogP contribution in [0.2, 0.25) is 0 Å². The first kappa shape index (κ1) is 30.6. The molecule has 2 aliphatic heterocycles. The van der Waals surface area contributed by atoms with E-state index in [1.807, 2.05) is 23.1 Å². The molecule has 39 heavy (non-hydrogen) atoms. The van der Waals surface area contributed by atoms with Gasteiger partial charge in [0, 0.05) is 44.1 Å². The van der Waals surface area contributed by atoms with Gasteiger partial charge in [0.2, 0.25) is 5.91 Å². The van der Waals surface area contributed by atoms with Gasteiger partial charge < -0.3 is 24.8 Å². The lowest BCUT2D eigenvalue weighted by Gasteiger charge is -2.25. The van der Waals surface area contributed by atoms with Gasteiger partial charge in [-0.25, -0.2) is 4.98 Å². The highest BCUT2D eigenvalue weighted by Crippen LogP contribution is 2.28. The molecule has 0 saturated carbocycles. The molecule has 1 unspecified atom stereocenters. The summed E-state index contributed by atoms with van der Waals surface area (Å²) in [6.45, 7) is 15.1. The van der Waals surface area contributed by atoms with Gasteiger partial charge in [-0.1, -0.05) is 27.7 Å². The molecule has 9 heteroatoms. The molecule has 1 aromatic heterocycles. The van der Waals surface area contributed by atoms with Crippen LogP contribution in [0.15, 0.2) is 18.2 Å². The second-order valence-corrected chi connectivity index (χ2v) is 11.7. The number of hydrogen-bond donors (Lipinski definition) is 2. The van der Waals surface area contributed by atoms with Crippen molar-refractivity contribution in [2.45, 2.75) is 78.7 Å². The summed E-state index contributed by atoms with van der Waals surface area (Å²) < 4.78 is 2.29. The number of nitrogens with one attached hydrogen (secondary N) is 1. The first-order chi connectivity index (χ1) is 18.7. The van der Waals surface area contributed by atoms with Crippen molar-refractivity contribution in [1.29, 1.82) is 0 Å². The highest BCUT2D eigenvalue weighted by atomic mass is 16.3. The van der Waals surface area contributed by atoms with Gasteiger partial charge in [-0.15, -0.1) is 0 Å². The van der Waals surface area contributed by atoms with Crippen LogP contribution in [0.3, 0.4) is 0 Å². The molecule has 4 rings (SSSR count). The number of hydrogen-bond acceptors (Lipinski definition) is 5. The van der Waals surface area contributed by atoms with Crippen LogP contribution >= 0.6 is 0 Å². The van der Waals surface area contributed by atoms with Gasteiger partial charge >= 0.3 is 0 Å². The van der Waals surface area contributed by atoms with Crippen LogP contribution in [0.25, 0.3) is 11.0 Å². The highest BCUT2D eigenvalue weighted by Gasteiger charge is 2.29. The largest absolute Gasteiger partial charge is 0.483 e. The average molecular weight is 542 g/mol. The molecular formula is C30H47N5O4. The Morgan fingerprint density at radius 3 is 2.33 bits per heavy atom. The van der Waals surface area contributed by atoms with Crippen LogP contribution in [-0.4, -0.2) is 82.0 Å². The molecule has 9 nitrogen and oxygen atoms in total. The number of carbonyl (C=O) groups is 3. The van der Waals surface area contributed by atoms with Gasteiger partial charge in [-0.3, -0.25) is 14.4 Å². The Hall–Kier alpha value is -2.94. The molecule has 2 saturated heterocycles. The summed E-state index contributed by atoms with van der Waals surface area (Å²) in [7, 11) is 0. The maximum Gasteiger partial charge on any atom is 0.290 e. The van der Waals surface area contributed by atoms with E-state index in [0.29, 0.717) is 24.8 Å². The Bertz CT molecular complexity index is 1080. The number of amides is 2. The number of fused-ring (bicyclic) bond motifs is 1. The third kappa shape index (κ3) is 8.78. The van der Waals surface area contributed by atoms with E-state index < -0.39 is 0 Å². The first-order valence-corrected chi connectivity index (χ1v) is 14.6. The third-order valence-electron chi connectivity index (χ3n) is 7.66. The number of benzene rings is 1. The Kier molecular flexibility index (Phi) is 11.8. The number of nitrogens with zero attached hydrogens (tertiary/aromatic N) is 4. The molecule has 0 radical (unpaired) electrons. The number of aromatic nitrogens is 2. The molecule has 3 heterocycles. The lowest BCUT2D eigenvalue weighted by atomic mass is 10.1. The van der Waals surface area contributed by atoms with Crippen molar-refractivity contribution < 1.29 is 19.5 Å². The number of aryl methyl sites for hydroxylation is 1. The summed E-state index contributed by atoms with van der Waals surface area (Å²) in [4.78, 5) is 43.5. The van der Waals surface area contributed by atoms with E-state index in [2.05, 4.69) is 42.5 Å². The minimum absolute atomic E-state index is 0.0874. The lowest BCUT2D eigenvalue weighted by Crippen LogP contribution is -2.34. The Morgan fingerprint density at radius 1 is 1.13 bits per heavy atom. The molecule has 2 amide bonds. The number of imidazole rings is 1. The summed E-state index contributed by atoms with van der Waals surface area (Å²) in [5, 5.41) is 9.86. The van der Waals surface area contributed by atoms with E-state index in [9.17, 15) is 9.59 Å². The normalized spacial score (nSPS) is 17.5. The number of carboxylic acid groups (broad SMARTS) is 1. The summed E-state index contributed by atoms with van der Waals surface area (Å²) in [5.41, 5.74) is 2.67. The fourth-order valence-corrected chi connectivity index (χ4v) is 5.39. The van der Waals surface area contributed by atoms with Crippen molar-refractivity contribution in [2.75, 3.05) is 39.3 Å². The van der Waals surface area contributed by atoms with Crippen LogP contribution in [0.5, 0.6) is 0 Å². The maximum absolute atomic E-state index is 13.7. The van der Waals surface area contributed by atoms with Crippen LogP contribution < -0.4 is 5.32 Å². The van der Waals surface area contributed by atoms with E-state index in [-0.39, 0.29) is 24.2 Å². The first-order valence-electron chi connectivity index (χ1n) is 14.6. The van der Waals surface area contributed by atoms with Crippen molar-refractivity contribution in [2.24, 2.45) is 11.8 Å². The van der Waals surface area contributed by atoms with E-state index >= 15 is 0 Å². The van der Waals surface area contributed by atoms with Crippen molar-refractivity contribution in [3.05, 3.63) is 29.6 Å².